The van der Waals surface area contributed by atoms with E-state index in [4.69, 9.17) is 0 Å². The molecule has 1 fully saturated rings. The molecule has 2 heterocycles. The summed E-state index contributed by atoms with van der Waals surface area (Å²) in [6.45, 7) is 5.63. The number of nitrogens with zero attached hydrogens (tertiary/aromatic N) is 1. The molecule has 22 heavy (non-hydrogen) atoms. The maximum Gasteiger partial charge on any atom is 0.243 e. The molecule has 6 heteroatoms. The van der Waals surface area contributed by atoms with Gasteiger partial charge in [-0.25, -0.2) is 13.1 Å². The van der Waals surface area contributed by atoms with Crippen molar-refractivity contribution in [3.8, 4) is 0 Å². The first-order valence-corrected chi connectivity index (χ1v) is 9.04. The Hall–Kier alpha value is -1.50. The molecule has 118 valence electrons. The molecule has 3 rings (SSSR count). The lowest BCUT2D eigenvalue weighted by molar-refractivity contribution is 0.327. The van der Waals surface area contributed by atoms with Gasteiger partial charge in [0.1, 0.15) is 4.90 Å². The van der Waals surface area contributed by atoms with E-state index in [0.29, 0.717) is 18.0 Å². The van der Waals surface area contributed by atoms with Gasteiger partial charge in [0.15, 0.2) is 0 Å². The molecule has 1 aliphatic heterocycles. The van der Waals surface area contributed by atoms with Crippen LogP contribution in [0.15, 0.2) is 35.4 Å². The standard InChI is InChI=1S/C16H21N3O2S/c1-11-8-13-4-3-5-15(16(13)18-9-11)22(20,21)19-14-10-17-7-6-12(14)2/h3-5,8-9,12,14,17,19H,6-7,10H2,1-2H3. The molecule has 0 bridgehead atoms. The van der Waals surface area contributed by atoms with E-state index in [1.807, 2.05) is 19.1 Å². The lowest BCUT2D eigenvalue weighted by Gasteiger charge is -2.30. The van der Waals surface area contributed by atoms with Gasteiger partial charge in [-0.3, -0.25) is 4.98 Å². The highest BCUT2D eigenvalue weighted by Gasteiger charge is 2.27. The number of hydrogen-bond donors (Lipinski definition) is 2. The highest BCUT2D eigenvalue weighted by Crippen LogP contribution is 2.23. The van der Waals surface area contributed by atoms with Crippen LogP contribution < -0.4 is 10.0 Å². The van der Waals surface area contributed by atoms with Gasteiger partial charge >= 0.3 is 0 Å². The number of para-hydroxylation sites is 1. The van der Waals surface area contributed by atoms with Crippen LogP contribution in [0.3, 0.4) is 0 Å². The third-order valence-electron chi connectivity index (χ3n) is 4.23. The van der Waals surface area contributed by atoms with Gasteiger partial charge in [-0.05, 0) is 43.5 Å². The van der Waals surface area contributed by atoms with Gasteiger partial charge in [0, 0.05) is 24.2 Å². The first-order valence-electron chi connectivity index (χ1n) is 7.56. The summed E-state index contributed by atoms with van der Waals surface area (Å²) in [5.74, 6) is 0.321. The average molecular weight is 319 g/mol. The lowest BCUT2D eigenvalue weighted by Crippen LogP contribution is -2.50. The average Bonchev–Trinajstić information content (AvgIpc) is 2.48. The zero-order chi connectivity index (χ0) is 15.7. The summed E-state index contributed by atoms with van der Waals surface area (Å²) in [7, 11) is -3.58. The van der Waals surface area contributed by atoms with Crippen molar-refractivity contribution in [1.82, 2.24) is 15.0 Å². The summed E-state index contributed by atoms with van der Waals surface area (Å²) in [5.41, 5.74) is 1.54. The number of pyridine rings is 1. The van der Waals surface area contributed by atoms with Gasteiger partial charge in [0.05, 0.1) is 5.52 Å². The normalized spacial score (nSPS) is 22.8. The number of hydrogen-bond acceptors (Lipinski definition) is 4. The molecule has 2 aromatic rings. The molecule has 0 saturated carbocycles. The summed E-state index contributed by atoms with van der Waals surface area (Å²) >= 11 is 0. The Morgan fingerprint density at radius 1 is 1.36 bits per heavy atom. The number of aryl methyl sites for hydroxylation is 1. The maximum absolute atomic E-state index is 12.8. The van der Waals surface area contributed by atoms with Crippen molar-refractivity contribution in [1.29, 1.82) is 0 Å². The second-order valence-electron chi connectivity index (χ2n) is 6.04. The minimum atomic E-state index is -3.58. The molecule has 1 aliphatic rings. The quantitative estimate of drug-likeness (QED) is 0.905. The van der Waals surface area contributed by atoms with Gasteiger partial charge in [-0.2, -0.15) is 0 Å². The van der Waals surface area contributed by atoms with Gasteiger partial charge < -0.3 is 5.32 Å². The van der Waals surface area contributed by atoms with Crippen molar-refractivity contribution in [2.75, 3.05) is 13.1 Å². The van der Waals surface area contributed by atoms with Crippen molar-refractivity contribution in [2.24, 2.45) is 5.92 Å². The molecule has 0 radical (unpaired) electrons. The van der Waals surface area contributed by atoms with Crippen molar-refractivity contribution >= 4 is 20.9 Å². The Morgan fingerprint density at radius 3 is 2.95 bits per heavy atom. The van der Waals surface area contributed by atoms with E-state index in [-0.39, 0.29) is 10.9 Å². The molecular weight excluding hydrogens is 298 g/mol. The molecular formula is C16H21N3O2S. The molecule has 2 N–H and O–H groups in total. The van der Waals surface area contributed by atoms with Crippen LogP contribution in [-0.2, 0) is 10.0 Å². The van der Waals surface area contributed by atoms with E-state index >= 15 is 0 Å². The molecule has 0 amide bonds. The molecule has 5 nitrogen and oxygen atoms in total. The SMILES string of the molecule is Cc1cnc2c(S(=O)(=O)NC3CNCCC3C)cccc2c1. The first kappa shape index (κ1) is 15.4. The largest absolute Gasteiger partial charge is 0.315 e. The van der Waals surface area contributed by atoms with Crippen LogP contribution in [0.4, 0.5) is 0 Å². The number of aromatic nitrogens is 1. The van der Waals surface area contributed by atoms with E-state index in [0.717, 1.165) is 23.9 Å². The monoisotopic (exact) mass is 319 g/mol. The predicted molar refractivity (Wildman–Crippen MR) is 87.2 cm³/mol. The number of rotatable bonds is 3. The minimum Gasteiger partial charge on any atom is -0.315 e. The second-order valence-corrected chi connectivity index (χ2v) is 7.72. The number of nitrogens with one attached hydrogen (secondary N) is 2. The third kappa shape index (κ3) is 2.99. The Balaban J connectivity index is 1.98. The highest BCUT2D eigenvalue weighted by molar-refractivity contribution is 7.89. The maximum atomic E-state index is 12.8. The summed E-state index contributed by atoms with van der Waals surface area (Å²) in [4.78, 5) is 4.58. The van der Waals surface area contributed by atoms with Crippen LogP contribution in [0, 0.1) is 12.8 Å². The van der Waals surface area contributed by atoms with E-state index in [1.54, 1.807) is 18.3 Å². The molecule has 0 aliphatic carbocycles. The predicted octanol–water partition coefficient (Wildman–Crippen LogP) is 1.82. The van der Waals surface area contributed by atoms with Gasteiger partial charge in [-0.1, -0.05) is 19.1 Å². The van der Waals surface area contributed by atoms with Gasteiger partial charge in [0.25, 0.3) is 0 Å². The Kier molecular flexibility index (Phi) is 4.16. The topological polar surface area (TPSA) is 71.1 Å². The zero-order valence-electron chi connectivity index (χ0n) is 12.8. The Labute approximate surface area is 131 Å². The van der Waals surface area contributed by atoms with Crippen molar-refractivity contribution in [2.45, 2.75) is 31.2 Å². The summed E-state index contributed by atoms with van der Waals surface area (Å²) in [5, 5.41) is 4.09. The second kappa shape index (κ2) is 5.95. The minimum absolute atomic E-state index is 0.0838. The van der Waals surface area contributed by atoms with Crippen molar-refractivity contribution < 1.29 is 8.42 Å². The van der Waals surface area contributed by atoms with E-state index in [9.17, 15) is 8.42 Å². The smallest absolute Gasteiger partial charge is 0.243 e. The molecule has 2 atom stereocenters. The fourth-order valence-corrected chi connectivity index (χ4v) is 4.39. The molecule has 1 aromatic heterocycles. The highest BCUT2D eigenvalue weighted by atomic mass is 32.2. The molecule has 0 spiro atoms. The van der Waals surface area contributed by atoms with Gasteiger partial charge in [0.2, 0.25) is 10.0 Å². The van der Waals surface area contributed by atoms with Crippen LogP contribution in [0.5, 0.6) is 0 Å². The van der Waals surface area contributed by atoms with Crippen LogP contribution in [0.1, 0.15) is 18.9 Å². The van der Waals surface area contributed by atoms with E-state index in [1.165, 1.54) is 0 Å². The van der Waals surface area contributed by atoms with E-state index < -0.39 is 10.0 Å². The molecule has 1 aromatic carbocycles. The van der Waals surface area contributed by atoms with E-state index in [2.05, 4.69) is 21.9 Å². The fourth-order valence-electron chi connectivity index (χ4n) is 2.87. The van der Waals surface area contributed by atoms with Crippen LogP contribution in [0.2, 0.25) is 0 Å². The van der Waals surface area contributed by atoms with Gasteiger partial charge in [-0.15, -0.1) is 0 Å². The van der Waals surface area contributed by atoms with Crippen molar-refractivity contribution in [3.63, 3.8) is 0 Å². The number of sulfonamides is 1. The van der Waals surface area contributed by atoms with Crippen LogP contribution in [-0.4, -0.2) is 32.5 Å². The van der Waals surface area contributed by atoms with Crippen molar-refractivity contribution in [3.05, 3.63) is 36.0 Å². The van der Waals surface area contributed by atoms with Crippen LogP contribution >= 0.6 is 0 Å². The summed E-state index contributed by atoms with van der Waals surface area (Å²) in [6, 6.07) is 7.14. The zero-order valence-corrected chi connectivity index (χ0v) is 13.7. The number of benzene rings is 1. The summed E-state index contributed by atoms with van der Waals surface area (Å²) in [6.07, 6.45) is 2.67. The van der Waals surface area contributed by atoms with Crippen LogP contribution in [0.25, 0.3) is 10.9 Å². The third-order valence-corrected chi connectivity index (χ3v) is 5.76. The Morgan fingerprint density at radius 2 is 2.18 bits per heavy atom. The lowest BCUT2D eigenvalue weighted by atomic mass is 9.96. The number of piperidine rings is 1. The Bertz CT molecular complexity index is 789. The molecule has 1 saturated heterocycles. The first-order chi connectivity index (χ1) is 10.5. The fraction of sp³-hybridized carbons (Fsp3) is 0.438. The number of fused-ring (bicyclic) bond motifs is 1. The summed E-state index contributed by atoms with van der Waals surface area (Å²) < 4.78 is 28.4. The molecule has 2 unspecified atom stereocenters.